The largest absolute Gasteiger partial charge is 0.483 e. The van der Waals surface area contributed by atoms with E-state index in [2.05, 4.69) is 26.3 Å². The van der Waals surface area contributed by atoms with E-state index in [1.54, 1.807) is 36.4 Å². The van der Waals surface area contributed by atoms with E-state index < -0.39 is 17.1 Å². The van der Waals surface area contributed by atoms with Gasteiger partial charge >= 0.3 is 0 Å². The van der Waals surface area contributed by atoms with Crippen molar-refractivity contribution >= 4 is 56.2 Å². The van der Waals surface area contributed by atoms with Crippen molar-refractivity contribution in [3.05, 3.63) is 97.7 Å². The number of hydrogen-bond donors (Lipinski definition) is 1. The molecule has 4 rings (SSSR count). The van der Waals surface area contributed by atoms with Crippen LogP contribution in [-0.2, 0) is 10.2 Å². The number of hydrogen-bond acceptors (Lipinski definition) is 5. The van der Waals surface area contributed by atoms with Gasteiger partial charge < -0.3 is 10.1 Å². The molecule has 0 unspecified atom stereocenters. The van der Waals surface area contributed by atoms with Crippen LogP contribution in [0, 0.1) is 5.82 Å². The monoisotopic (exact) mass is 584 g/mol. The Morgan fingerprint density at radius 3 is 2.70 bits per heavy atom. The predicted octanol–water partition coefficient (Wildman–Crippen LogP) is 6.15. The van der Waals surface area contributed by atoms with E-state index in [1.807, 2.05) is 26.8 Å². The second-order valence-electron chi connectivity index (χ2n) is 9.24. The fraction of sp³-hybridized carbons (Fsp3) is 0.185. The van der Waals surface area contributed by atoms with Crippen molar-refractivity contribution < 1.29 is 13.9 Å². The predicted molar refractivity (Wildman–Crippen MR) is 147 cm³/mol. The van der Waals surface area contributed by atoms with Crippen molar-refractivity contribution in [3.63, 3.8) is 0 Å². The quantitative estimate of drug-likeness (QED) is 0.275. The molecule has 0 atom stereocenters. The SMILES string of the molecule is CC(C)(C)c1nc2ccc(Br)cc2c(=O)n1N=Cc1cc(Cl)ccc1OCC(=O)Nc1cccc(F)c1. The Morgan fingerprint density at radius 1 is 1.19 bits per heavy atom. The number of carbonyl (C=O) groups is 1. The summed E-state index contributed by atoms with van der Waals surface area (Å²) in [5.74, 6) is -0.138. The van der Waals surface area contributed by atoms with E-state index in [-0.39, 0.29) is 12.2 Å². The van der Waals surface area contributed by atoms with Gasteiger partial charge in [0, 0.05) is 26.2 Å². The van der Waals surface area contributed by atoms with Crippen molar-refractivity contribution in [1.29, 1.82) is 0 Å². The van der Waals surface area contributed by atoms with Crippen LogP contribution in [0.15, 0.2) is 75.0 Å². The lowest BCUT2D eigenvalue weighted by molar-refractivity contribution is -0.118. The maximum atomic E-state index is 13.4. The van der Waals surface area contributed by atoms with E-state index in [4.69, 9.17) is 21.3 Å². The summed E-state index contributed by atoms with van der Waals surface area (Å²) in [5.41, 5.74) is 0.524. The van der Waals surface area contributed by atoms with Crippen LogP contribution in [0.4, 0.5) is 10.1 Å². The number of carbonyl (C=O) groups excluding carboxylic acids is 1. The zero-order chi connectivity index (χ0) is 26.7. The molecule has 7 nitrogen and oxygen atoms in total. The number of ether oxygens (including phenoxy) is 1. The smallest absolute Gasteiger partial charge is 0.282 e. The summed E-state index contributed by atoms with van der Waals surface area (Å²) in [6.07, 6.45) is 1.44. The molecule has 0 fully saturated rings. The Hall–Kier alpha value is -3.56. The lowest BCUT2D eigenvalue weighted by Crippen LogP contribution is -2.29. The summed E-state index contributed by atoms with van der Waals surface area (Å²) in [4.78, 5) is 30.4. The summed E-state index contributed by atoms with van der Waals surface area (Å²) >= 11 is 9.59. The Labute approximate surface area is 226 Å². The van der Waals surface area contributed by atoms with Crippen LogP contribution in [-0.4, -0.2) is 28.4 Å². The normalized spacial score (nSPS) is 11.7. The minimum Gasteiger partial charge on any atom is -0.483 e. The van der Waals surface area contributed by atoms with Crippen molar-refractivity contribution in [2.75, 3.05) is 11.9 Å². The van der Waals surface area contributed by atoms with E-state index in [1.165, 1.54) is 29.1 Å². The van der Waals surface area contributed by atoms with Crippen LogP contribution in [0.5, 0.6) is 5.75 Å². The van der Waals surface area contributed by atoms with Crippen LogP contribution in [0.3, 0.4) is 0 Å². The molecular formula is C27H23BrClFN4O3. The number of anilines is 1. The Morgan fingerprint density at radius 2 is 1.97 bits per heavy atom. The molecule has 0 aliphatic rings. The van der Waals surface area contributed by atoms with Crippen molar-refractivity contribution in [1.82, 2.24) is 9.66 Å². The molecule has 3 aromatic carbocycles. The Kier molecular flexibility index (Phi) is 7.75. The number of rotatable bonds is 6. The average molecular weight is 586 g/mol. The molecule has 0 bridgehead atoms. The Balaban J connectivity index is 1.65. The van der Waals surface area contributed by atoms with Gasteiger partial charge in [-0.3, -0.25) is 9.59 Å². The maximum absolute atomic E-state index is 13.4. The number of nitrogens with one attached hydrogen (secondary N) is 1. The number of nitrogens with zero attached hydrogens (tertiary/aromatic N) is 3. The molecule has 0 aliphatic heterocycles. The second-order valence-corrected chi connectivity index (χ2v) is 10.6. The van der Waals surface area contributed by atoms with Gasteiger partial charge in [0.15, 0.2) is 6.61 Å². The van der Waals surface area contributed by atoms with E-state index in [0.29, 0.717) is 38.8 Å². The molecule has 0 saturated carbocycles. The van der Waals surface area contributed by atoms with Gasteiger partial charge in [-0.25, -0.2) is 9.37 Å². The van der Waals surface area contributed by atoms with Crippen LogP contribution in [0.1, 0.15) is 32.2 Å². The third-order valence-electron chi connectivity index (χ3n) is 5.23. The van der Waals surface area contributed by atoms with Gasteiger partial charge in [0.25, 0.3) is 11.5 Å². The highest BCUT2D eigenvalue weighted by atomic mass is 79.9. The van der Waals surface area contributed by atoms with Crippen molar-refractivity contribution in [2.45, 2.75) is 26.2 Å². The zero-order valence-electron chi connectivity index (χ0n) is 20.3. The number of amides is 1. The number of fused-ring (bicyclic) bond motifs is 1. The first kappa shape index (κ1) is 26.5. The molecule has 37 heavy (non-hydrogen) atoms. The summed E-state index contributed by atoms with van der Waals surface area (Å²) in [7, 11) is 0. The molecule has 1 amide bonds. The number of aromatic nitrogens is 2. The van der Waals surface area contributed by atoms with Crippen LogP contribution in [0.25, 0.3) is 10.9 Å². The molecule has 4 aromatic rings. The zero-order valence-corrected chi connectivity index (χ0v) is 22.6. The molecular weight excluding hydrogens is 563 g/mol. The summed E-state index contributed by atoms with van der Waals surface area (Å²) < 4.78 is 21.1. The number of halogens is 3. The molecule has 1 N–H and O–H groups in total. The molecule has 1 aromatic heterocycles. The lowest BCUT2D eigenvalue weighted by Gasteiger charge is -2.21. The summed E-state index contributed by atoms with van der Waals surface area (Å²) in [6.45, 7) is 5.49. The third-order valence-corrected chi connectivity index (χ3v) is 5.96. The fourth-order valence-corrected chi connectivity index (χ4v) is 4.06. The molecule has 190 valence electrons. The van der Waals surface area contributed by atoms with Crippen LogP contribution < -0.4 is 15.6 Å². The molecule has 10 heteroatoms. The van der Waals surface area contributed by atoms with Gasteiger partial charge in [0.05, 0.1) is 17.1 Å². The molecule has 0 aliphatic carbocycles. The Bertz CT molecular complexity index is 1580. The van der Waals surface area contributed by atoms with E-state index >= 15 is 0 Å². The van der Waals surface area contributed by atoms with Crippen LogP contribution in [0.2, 0.25) is 5.02 Å². The maximum Gasteiger partial charge on any atom is 0.282 e. The molecule has 1 heterocycles. The van der Waals surface area contributed by atoms with Crippen LogP contribution >= 0.6 is 27.5 Å². The summed E-state index contributed by atoms with van der Waals surface area (Å²) in [5, 5.41) is 7.85. The highest BCUT2D eigenvalue weighted by Gasteiger charge is 2.23. The first-order chi connectivity index (χ1) is 17.5. The topological polar surface area (TPSA) is 85.6 Å². The minimum absolute atomic E-state index is 0.316. The van der Waals surface area contributed by atoms with Gasteiger partial charge in [0.2, 0.25) is 0 Å². The molecule has 0 spiro atoms. The first-order valence-electron chi connectivity index (χ1n) is 11.3. The fourth-order valence-electron chi connectivity index (χ4n) is 3.52. The third kappa shape index (κ3) is 6.42. The number of benzene rings is 3. The van der Waals surface area contributed by atoms with Gasteiger partial charge in [-0.05, 0) is 54.6 Å². The van der Waals surface area contributed by atoms with Gasteiger partial charge in [0.1, 0.15) is 17.4 Å². The van der Waals surface area contributed by atoms with Gasteiger partial charge in [-0.15, -0.1) is 0 Å². The van der Waals surface area contributed by atoms with E-state index in [9.17, 15) is 14.0 Å². The standard InChI is InChI=1S/C27H23BrClFN4O3/c1-27(2,3)26-33-22-9-7-17(28)12-21(22)25(36)34(26)31-14-16-11-18(29)8-10-23(16)37-15-24(35)32-20-6-4-5-19(30)13-20/h4-14H,15H2,1-3H3,(H,32,35). The summed E-state index contributed by atoms with van der Waals surface area (Å²) in [6, 6.07) is 15.7. The van der Waals surface area contributed by atoms with Crippen molar-refractivity contribution in [2.24, 2.45) is 5.10 Å². The van der Waals surface area contributed by atoms with Gasteiger partial charge in [-0.1, -0.05) is 54.4 Å². The van der Waals surface area contributed by atoms with E-state index in [0.717, 1.165) is 4.47 Å². The highest BCUT2D eigenvalue weighted by molar-refractivity contribution is 9.10. The van der Waals surface area contributed by atoms with Gasteiger partial charge in [-0.2, -0.15) is 9.78 Å². The highest BCUT2D eigenvalue weighted by Crippen LogP contribution is 2.24. The molecule has 0 radical (unpaired) electrons. The average Bonchev–Trinajstić information content (AvgIpc) is 2.82. The van der Waals surface area contributed by atoms with Crippen molar-refractivity contribution in [3.8, 4) is 5.75 Å². The second kappa shape index (κ2) is 10.8. The lowest BCUT2D eigenvalue weighted by atomic mass is 9.95. The molecule has 0 saturated heterocycles. The minimum atomic E-state index is -0.486. The first-order valence-corrected chi connectivity index (χ1v) is 12.4.